The fraction of sp³-hybridized carbons (Fsp3) is 0.200. The van der Waals surface area contributed by atoms with Crippen LogP contribution in [-0.2, 0) is 6.54 Å². The van der Waals surface area contributed by atoms with Gasteiger partial charge in [0.05, 0.1) is 6.54 Å². The smallest absolute Gasteiger partial charge is 0.266 e. The molecule has 5 heteroatoms. The Morgan fingerprint density at radius 1 is 1.40 bits per heavy atom. The molecule has 15 heavy (non-hydrogen) atoms. The van der Waals surface area contributed by atoms with Crippen LogP contribution in [-0.4, -0.2) is 8.33 Å². The van der Waals surface area contributed by atoms with Gasteiger partial charge in [-0.1, -0.05) is 23.7 Å². The van der Waals surface area contributed by atoms with Crippen molar-refractivity contribution >= 4 is 23.3 Å². The van der Waals surface area contributed by atoms with E-state index in [9.17, 15) is 4.79 Å². The molecule has 2 rings (SSSR count). The summed E-state index contributed by atoms with van der Waals surface area (Å²) in [5.74, 6) is 0. The Labute approximate surface area is 96.3 Å². The van der Waals surface area contributed by atoms with E-state index < -0.39 is 0 Å². The van der Waals surface area contributed by atoms with Crippen LogP contribution in [0.25, 0.3) is 0 Å². The predicted octanol–water partition coefficient (Wildman–Crippen LogP) is 2.31. The number of hydrogen-bond donors (Lipinski definition) is 0. The van der Waals surface area contributed by atoms with Crippen LogP contribution in [0.4, 0.5) is 0 Å². The van der Waals surface area contributed by atoms with Gasteiger partial charge in [0, 0.05) is 16.8 Å². The summed E-state index contributed by atoms with van der Waals surface area (Å²) in [6.07, 6.45) is 0. The lowest BCUT2D eigenvalue weighted by molar-refractivity contribution is 0.843. The molecular weight excluding hydrogens is 232 g/mol. The Balaban J connectivity index is 2.26. The van der Waals surface area contributed by atoms with Crippen LogP contribution >= 0.6 is 23.3 Å². The molecule has 0 atom stereocenters. The summed E-state index contributed by atoms with van der Waals surface area (Å²) < 4.78 is 5.62. The Kier molecular flexibility index (Phi) is 2.88. The number of halogens is 1. The van der Waals surface area contributed by atoms with Crippen molar-refractivity contribution in [3.8, 4) is 0 Å². The fourth-order valence-electron chi connectivity index (χ4n) is 1.22. The Hall–Kier alpha value is -1.13. The molecule has 0 saturated carbocycles. The van der Waals surface area contributed by atoms with Gasteiger partial charge in [0.1, 0.15) is 5.69 Å². The van der Waals surface area contributed by atoms with Gasteiger partial charge in [-0.05, 0) is 24.6 Å². The third kappa shape index (κ3) is 2.27. The first-order valence-corrected chi connectivity index (χ1v) is 5.55. The molecule has 0 spiro atoms. The lowest BCUT2D eigenvalue weighted by Crippen LogP contribution is -2.15. The molecule has 1 aromatic carbocycles. The summed E-state index contributed by atoms with van der Waals surface area (Å²) >= 11 is 6.97. The topological polar surface area (TPSA) is 34.9 Å². The summed E-state index contributed by atoms with van der Waals surface area (Å²) in [5.41, 5.74) is 1.58. The zero-order chi connectivity index (χ0) is 10.8. The van der Waals surface area contributed by atoms with Crippen LogP contribution in [0.1, 0.15) is 11.3 Å². The van der Waals surface area contributed by atoms with Crippen LogP contribution in [0.15, 0.2) is 29.1 Å². The summed E-state index contributed by atoms with van der Waals surface area (Å²) in [7, 11) is 0. The van der Waals surface area contributed by atoms with E-state index in [-0.39, 0.29) is 5.56 Å². The molecule has 0 aliphatic rings. The van der Waals surface area contributed by atoms with E-state index in [2.05, 4.69) is 4.37 Å². The van der Waals surface area contributed by atoms with E-state index in [1.54, 1.807) is 10.9 Å². The molecule has 0 saturated heterocycles. The maximum absolute atomic E-state index is 11.5. The van der Waals surface area contributed by atoms with Crippen LogP contribution < -0.4 is 5.56 Å². The first-order valence-electron chi connectivity index (χ1n) is 4.45. The highest BCUT2D eigenvalue weighted by Crippen LogP contribution is 2.10. The second-order valence-electron chi connectivity index (χ2n) is 3.23. The second kappa shape index (κ2) is 4.16. The minimum atomic E-state index is -0.0186. The highest BCUT2D eigenvalue weighted by Gasteiger charge is 2.04. The van der Waals surface area contributed by atoms with Crippen molar-refractivity contribution in [2.45, 2.75) is 13.5 Å². The van der Waals surface area contributed by atoms with Gasteiger partial charge in [0.25, 0.3) is 5.56 Å². The van der Waals surface area contributed by atoms with Gasteiger partial charge in [0.15, 0.2) is 0 Å². The Bertz CT molecular complexity index is 515. The van der Waals surface area contributed by atoms with E-state index in [1.165, 1.54) is 11.7 Å². The first kappa shape index (κ1) is 10.4. The van der Waals surface area contributed by atoms with Gasteiger partial charge in [-0.25, -0.2) is 3.96 Å². The first-order chi connectivity index (χ1) is 7.16. The lowest BCUT2D eigenvalue weighted by Gasteiger charge is -1.99. The van der Waals surface area contributed by atoms with E-state index >= 15 is 0 Å². The molecule has 0 radical (unpaired) electrons. The van der Waals surface area contributed by atoms with Crippen molar-refractivity contribution in [2.75, 3.05) is 0 Å². The predicted molar refractivity (Wildman–Crippen MR) is 61.7 cm³/mol. The molecule has 1 heterocycles. The van der Waals surface area contributed by atoms with E-state index in [0.29, 0.717) is 17.3 Å². The third-order valence-corrected chi connectivity index (χ3v) is 3.15. The molecule has 0 bridgehead atoms. The third-order valence-electron chi connectivity index (χ3n) is 2.05. The Morgan fingerprint density at radius 2 is 2.07 bits per heavy atom. The van der Waals surface area contributed by atoms with Crippen molar-refractivity contribution in [1.82, 2.24) is 8.33 Å². The van der Waals surface area contributed by atoms with Crippen LogP contribution in [0.5, 0.6) is 0 Å². The number of aromatic nitrogens is 2. The maximum atomic E-state index is 11.5. The molecule has 0 unspecified atom stereocenters. The van der Waals surface area contributed by atoms with Gasteiger partial charge < -0.3 is 0 Å². The van der Waals surface area contributed by atoms with Gasteiger partial charge in [-0.15, -0.1) is 0 Å². The number of rotatable bonds is 2. The molecule has 2 aromatic rings. The summed E-state index contributed by atoms with van der Waals surface area (Å²) in [4.78, 5) is 11.5. The zero-order valence-electron chi connectivity index (χ0n) is 8.11. The number of hydrogen-bond acceptors (Lipinski definition) is 3. The molecule has 0 amide bonds. The minimum Gasteiger partial charge on any atom is -0.266 e. The van der Waals surface area contributed by atoms with Crippen LogP contribution in [0.3, 0.4) is 0 Å². The zero-order valence-corrected chi connectivity index (χ0v) is 9.68. The van der Waals surface area contributed by atoms with Crippen molar-refractivity contribution in [2.24, 2.45) is 0 Å². The molecule has 0 aliphatic carbocycles. The van der Waals surface area contributed by atoms with E-state index in [0.717, 1.165) is 5.56 Å². The number of benzene rings is 1. The molecule has 0 aliphatic heterocycles. The fourth-order valence-corrected chi connectivity index (χ4v) is 2.06. The SMILES string of the molecule is Cc1nsn(Cc2ccc(Cl)cc2)c1=O. The summed E-state index contributed by atoms with van der Waals surface area (Å²) in [6.45, 7) is 2.28. The van der Waals surface area contributed by atoms with Crippen LogP contribution in [0.2, 0.25) is 5.02 Å². The van der Waals surface area contributed by atoms with Crippen molar-refractivity contribution in [1.29, 1.82) is 0 Å². The van der Waals surface area contributed by atoms with Crippen molar-refractivity contribution in [3.63, 3.8) is 0 Å². The molecule has 0 fully saturated rings. The molecular formula is C10H9ClN2OS. The maximum Gasteiger partial charge on any atom is 0.283 e. The Morgan fingerprint density at radius 3 is 2.60 bits per heavy atom. The molecule has 1 aromatic heterocycles. The lowest BCUT2D eigenvalue weighted by atomic mass is 10.2. The number of aryl methyl sites for hydroxylation is 1. The molecule has 3 nitrogen and oxygen atoms in total. The molecule has 0 N–H and O–H groups in total. The second-order valence-corrected chi connectivity index (χ2v) is 4.45. The van der Waals surface area contributed by atoms with Crippen LogP contribution in [0, 0.1) is 6.92 Å². The highest BCUT2D eigenvalue weighted by atomic mass is 35.5. The van der Waals surface area contributed by atoms with E-state index in [4.69, 9.17) is 11.6 Å². The largest absolute Gasteiger partial charge is 0.283 e. The van der Waals surface area contributed by atoms with Crippen molar-refractivity contribution < 1.29 is 0 Å². The normalized spacial score (nSPS) is 10.5. The monoisotopic (exact) mass is 240 g/mol. The van der Waals surface area contributed by atoms with Crippen molar-refractivity contribution in [3.05, 3.63) is 50.9 Å². The summed E-state index contributed by atoms with van der Waals surface area (Å²) in [5, 5.41) is 0.701. The number of nitrogens with zero attached hydrogens (tertiary/aromatic N) is 2. The van der Waals surface area contributed by atoms with Gasteiger partial charge in [-0.3, -0.25) is 4.79 Å². The summed E-state index contributed by atoms with van der Waals surface area (Å²) in [6, 6.07) is 7.44. The quantitative estimate of drug-likeness (QED) is 0.808. The standard InChI is InChI=1S/C10H9ClN2OS/c1-7-10(14)13(15-12-7)6-8-2-4-9(11)5-3-8/h2-5H,6H2,1H3. The molecule has 78 valence electrons. The average Bonchev–Trinajstić information content (AvgIpc) is 2.53. The van der Waals surface area contributed by atoms with Gasteiger partial charge >= 0.3 is 0 Å². The van der Waals surface area contributed by atoms with Gasteiger partial charge in [0.2, 0.25) is 0 Å². The average molecular weight is 241 g/mol. The van der Waals surface area contributed by atoms with E-state index in [1.807, 2.05) is 24.3 Å². The minimum absolute atomic E-state index is 0.0186. The highest BCUT2D eigenvalue weighted by molar-refractivity contribution is 6.99. The van der Waals surface area contributed by atoms with Gasteiger partial charge in [-0.2, -0.15) is 4.37 Å².